The molecule has 0 aliphatic rings. The topological polar surface area (TPSA) is 48.4 Å². The number of halogens is 2. The molecule has 0 atom stereocenters. The number of nitrogens with one attached hydrogen (secondary N) is 1. The van der Waals surface area contributed by atoms with Crippen LogP contribution in [0.3, 0.4) is 0 Å². The summed E-state index contributed by atoms with van der Waals surface area (Å²) in [6.07, 6.45) is 1.61. The highest BCUT2D eigenvalue weighted by atomic mass is 19.1. The molecule has 0 spiro atoms. The molecule has 0 aromatic carbocycles. The first-order valence-corrected chi connectivity index (χ1v) is 6.59. The average Bonchev–Trinajstić information content (AvgIpc) is 2.38. The number of aliphatic hydroxyl groups is 1. The Morgan fingerprint density at radius 3 is 2.53 bits per heavy atom. The molecular formula is C13H21F2N3O. The Bertz CT molecular complexity index is 396. The minimum absolute atomic E-state index is 0.0530. The molecule has 108 valence electrons. The zero-order valence-corrected chi connectivity index (χ0v) is 11.4. The summed E-state index contributed by atoms with van der Waals surface area (Å²) in [5, 5.41) is 11.8. The standard InChI is InChI=1S/C13H21F2N3O/c1-3-5-16-12-10(14)9-11(15)13(17-12)18(6-4-2)7-8-19/h9,19H,3-8H2,1-2H3,(H,16,17). The van der Waals surface area contributed by atoms with Crippen LogP contribution >= 0.6 is 0 Å². The van der Waals surface area contributed by atoms with E-state index in [-0.39, 0.29) is 24.8 Å². The fourth-order valence-corrected chi connectivity index (χ4v) is 1.76. The largest absolute Gasteiger partial charge is 0.395 e. The quantitative estimate of drug-likeness (QED) is 0.763. The Kier molecular flexibility index (Phi) is 6.49. The van der Waals surface area contributed by atoms with Crippen LogP contribution in [0.15, 0.2) is 6.07 Å². The molecule has 0 fully saturated rings. The van der Waals surface area contributed by atoms with Crippen molar-refractivity contribution in [3.8, 4) is 0 Å². The maximum Gasteiger partial charge on any atom is 0.168 e. The van der Waals surface area contributed by atoms with E-state index in [4.69, 9.17) is 5.11 Å². The van der Waals surface area contributed by atoms with Crippen LogP contribution in [0, 0.1) is 11.6 Å². The molecule has 1 heterocycles. The van der Waals surface area contributed by atoms with Crippen LogP contribution in [-0.2, 0) is 0 Å². The zero-order valence-electron chi connectivity index (χ0n) is 11.4. The fourth-order valence-electron chi connectivity index (χ4n) is 1.76. The first kappa shape index (κ1) is 15.6. The molecule has 0 unspecified atom stereocenters. The van der Waals surface area contributed by atoms with Gasteiger partial charge in [0.2, 0.25) is 0 Å². The summed E-state index contributed by atoms with van der Waals surface area (Å²) in [7, 11) is 0. The Morgan fingerprint density at radius 2 is 1.95 bits per heavy atom. The predicted octanol–water partition coefficient (Wildman–Crippen LogP) is 2.39. The molecule has 1 aromatic heterocycles. The van der Waals surface area contributed by atoms with Gasteiger partial charge in [-0.05, 0) is 12.8 Å². The number of nitrogens with zero attached hydrogens (tertiary/aromatic N) is 2. The van der Waals surface area contributed by atoms with E-state index in [0.717, 1.165) is 18.9 Å². The summed E-state index contributed by atoms with van der Waals surface area (Å²) in [6.45, 7) is 5.20. The van der Waals surface area contributed by atoms with Gasteiger partial charge in [-0.25, -0.2) is 13.8 Å². The van der Waals surface area contributed by atoms with Gasteiger partial charge in [0.05, 0.1) is 6.61 Å². The average molecular weight is 273 g/mol. The van der Waals surface area contributed by atoms with E-state index in [1.165, 1.54) is 0 Å². The number of anilines is 2. The van der Waals surface area contributed by atoms with Crippen LogP contribution in [0.1, 0.15) is 26.7 Å². The Hall–Kier alpha value is -1.43. The third kappa shape index (κ3) is 4.31. The Balaban J connectivity index is 3.02. The second kappa shape index (κ2) is 7.89. The summed E-state index contributed by atoms with van der Waals surface area (Å²) in [5.41, 5.74) is 0. The first-order chi connectivity index (χ1) is 9.13. The zero-order chi connectivity index (χ0) is 14.3. The van der Waals surface area contributed by atoms with Crippen LogP contribution in [0.2, 0.25) is 0 Å². The minimum atomic E-state index is -0.707. The van der Waals surface area contributed by atoms with Gasteiger partial charge in [-0.3, -0.25) is 0 Å². The number of pyridine rings is 1. The van der Waals surface area contributed by atoms with Crippen molar-refractivity contribution in [1.82, 2.24) is 4.98 Å². The second-order valence-electron chi connectivity index (χ2n) is 4.26. The molecular weight excluding hydrogens is 252 g/mol. The van der Waals surface area contributed by atoms with Gasteiger partial charge in [0.1, 0.15) is 0 Å². The van der Waals surface area contributed by atoms with Gasteiger partial charge in [0.15, 0.2) is 23.3 Å². The molecule has 1 aromatic rings. The Morgan fingerprint density at radius 1 is 1.21 bits per heavy atom. The normalized spacial score (nSPS) is 10.6. The van der Waals surface area contributed by atoms with E-state index >= 15 is 0 Å². The first-order valence-electron chi connectivity index (χ1n) is 6.59. The summed E-state index contributed by atoms with van der Waals surface area (Å²) in [4.78, 5) is 5.62. The molecule has 1 rings (SSSR count). The predicted molar refractivity (Wildman–Crippen MR) is 72.5 cm³/mol. The molecule has 4 nitrogen and oxygen atoms in total. The molecule has 19 heavy (non-hydrogen) atoms. The maximum atomic E-state index is 13.8. The lowest BCUT2D eigenvalue weighted by Gasteiger charge is -2.23. The maximum absolute atomic E-state index is 13.8. The van der Waals surface area contributed by atoms with Crippen LogP contribution in [0.25, 0.3) is 0 Å². The van der Waals surface area contributed by atoms with Crippen LogP contribution < -0.4 is 10.2 Å². The Labute approximate surface area is 112 Å². The summed E-state index contributed by atoms with van der Waals surface area (Å²) in [6, 6.07) is 0.834. The number of hydrogen-bond acceptors (Lipinski definition) is 4. The second-order valence-corrected chi connectivity index (χ2v) is 4.26. The van der Waals surface area contributed by atoms with Crippen molar-refractivity contribution in [1.29, 1.82) is 0 Å². The van der Waals surface area contributed by atoms with Crippen molar-refractivity contribution < 1.29 is 13.9 Å². The summed E-state index contributed by atoms with van der Waals surface area (Å²) < 4.78 is 27.4. The van der Waals surface area contributed by atoms with Crippen molar-refractivity contribution in [3.05, 3.63) is 17.7 Å². The van der Waals surface area contributed by atoms with Crippen molar-refractivity contribution in [2.24, 2.45) is 0 Å². The highest BCUT2D eigenvalue weighted by Gasteiger charge is 2.16. The molecule has 2 N–H and O–H groups in total. The molecule has 0 aliphatic carbocycles. The molecule has 6 heteroatoms. The summed E-state index contributed by atoms with van der Waals surface area (Å²) >= 11 is 0. The van der Waals surface area contributed by atoms with E-state index < -0.39 is 11.6 Å². The highest BCUT2D eigenvalue weighted by molar-refractivity contribution is 5.49. The lowest BCUT2D eigenvalue weighted by molar-refractivity contribution is 0.301. The SMILES string of the molecule is CCCNc1nc(N(CCC)CCO)c(F)cc1F. The van der Waals surface area contributed by atoms with Gasteiger partial charge in [-0.1, -0.05) is 13.8 Å². The van der Waals surface area contributed by atoms with Gasteiger partial charge in [0.25, 0.3) is 0 Å². The van der Waals surface area contributed by atoms with E-state index in [0.29, 0.717) is 13.1 Å². The van der Waals surface area contributed by atoms with Crippen LogP contribution in [-0.4, -0.2) is 36.3 Å². The number of aliphatic hydroxyl groups excluding tert-OH is 1. The number of aromatic nitrogens is 1. The highest BCUT2D eigenvalue weighted by Crippen LogP contribution is 2.22. The van der Waals surface area contributed by atoms with E-state index in [1.54, 1.807) is 4.90 Å². The van der Waals surface area contributed by atoms with Crippen molar-refractivity contribution in [2.45, 2.75) is 26.7 Å². The monoisotopic (exact) mass is 273 g/mol. The van der Waals surface area contributed by atoms with E-state index in [1.807, 2.05) is 13.8 Å². The smallest absolute Gasteiger partial charge is 0.168 e. The van der Waals surface area contributed by atoms with Gasteiger partial charge >= 0.3 is 0 Å². The molecule has 0 bridgehead atoms. The van der Waals surface area contributed by atoms with Gasteiger partial charge in [-0.15, -0.1) is 0 Å². The van der Waals surface area contributed by atoms with Gasteiger partial charge < -0.3 is 15.3 Å². The molecule has 0 amide bonds. The van der Waals surface area contributed by atoms with Gasteiger partial charge in [-0.2, -0.15) is 0 Å². The molecule has 0 radical (unpaired) electrons. The molecule has 0 saturated carbocycles. The van der Waals surface area contributed by atoms with Crippen LogP contribution in [0.4, 0.5) is 20.4 Å². The minimum Gasteiger partial charge on any atom is -0.395 e. The molecule has 0 aliphatic heterocycles. The number of hydrogen-bond donors (Lipinski definition) is 2. The number of rotatable bonds is 8. The third-order valence-electron chi connectivity index (χ3n) is 2.62. The lowest BCUT2D eigenvalue weighted by Crippen LogP contribution is -2.29. The fraction of sp³-hybridized carbons (Fsp3) is 0.615. The van der Waals surface area contributed by atoms with E-state index in [9.17, 15) is 8.78 Å². The van der Waals surface area contributed by atoms with E-state index in [2.05, 4.69) is 10.3 Å². The van der Waals surface area contributed by atoms with Crippen molar-refractivity contribution in [3.63, 3.8) is 0 Å². The summed E-state index contributed by atoms with van der Waals surface area (Å²) in [5.74, 6) is -1.27. The van der Waals surface area contributed by atoms with Gasteiger partial charge in [0, 0.05) is 25.7 Å². The third-order valence-corrected chi connectivity index (χ3v) is 2.62. The van der Waals surface area contributed by atoms with Crippen LogP contribution in [0.5, 0.6) is 0 Å². The molecule has 0 saturated heterocycles. The lowest BCUT2D eigenvalue weighted by atomic mass is 10.3. The van der Waals surface area contributed by atoms with Crippen molar-refractivity contribution in [2.75, 3.05) is 36.5 Å². The van der Waals surface area contributed by atoms with Crippen molar-refractivity contribution >= 4 is 11.6 Å².